The molecule has 124 valence electrons. The highest BCUT2D eigenvalue weighted by molar-refractivity contribution is 7.92. The molecule has 5 nitrogen and oxygen atoms in total. The smallest absolute Gasteiger partial charge is 0.262 e. The number of halogens is 1. The minimum Gasteiger partial charge on any atom is -0.508 e. The summed E-state index contributed by atoms with van der Waals surface area (Å²) in [4.78, 5) is 0.00485. The fourth-order valence-electron chi connectivity index (χ4n) is 2.42. The molecule has 24 heavy (non-hydrogen) atoms. The van der Waals surface area contributed by atoms with Crippen LogP contribution in [0.4, 0.5) is 5.69 Å². The number of para-hydroxylation sites is 2. The van der Waals surface area contributed by atoms with Crippen molar-refractivity contribution in [1.82, 2.24) is 0 Å². The number of benzene rings is 3. The Morgan fingerprint density at radius 2 is 1.67 bits per heavy atom. The van der Waals surface area contributed by atoms with Gasteiger partial charge in [-0.2, -0.15) is 0 Å². The van der Waals surface area contributed by atoms with Gasteiger partial charge in [0, 0.05) is 5.39 Å². The van der Waals surface area contributed by atoms with Crippen molar-refractivity contribution in [2.75, 3.05) is 4.72 Å². The maximum Gasteiger partial charge on any atom is 0.262 e. The summed E-state index contributed by atoms with van der Waals surface area (Å²) >= 11 is 6.13. The molecule has 0 amide bonds. The highest BCUT2D eigenvalue weighted by Crippen LogP contribution is 2.34. The van der Waals surface area contributed by atoms with E-state index in [-0.39, 0.29) is 27.1 Å². The van der Waals surface area contributed by atoms with Gasteiger partial charge >= 0.3 is 0 Å². The molecular weight excluding hydrogens is 350 g/mol. The second kappa shape index (κ2) is 5.89. The van der Waals surface area contributed by atoms with Crippen molar-refractivity contribution >= 4 is 38.1 Å². The van der Waals surface area contributed by atoms with E-state index in [1.165, 1.54) is 30.3 Å². The van der Waals surface area contributed by atoms with Gasteiger partial charge in [-0.25, -0.2) is 8.42 Å². The van der Waals surface area contributed by atoms with Crippen LogP contribution in [0.3, 0.4) is 0 Å². The van der Waals surface area contributed by atoms with Gasteiger partial charge in [0.15, 0.2) is 0 Å². The van der Waals surface area contributed by atoms with E-state index in [9.17, 15) is 18.6 Å². The number of phenolic OH excluding ortho intramolecular Hbond substituents is 2. The molecule has 0 atom stereocenters. The van der Waals surface area contributed by atoms with Crippen molar-refractivity contribution in [3.8, 4) is 11.5 Å². The molecule has 0 heterocycles. The molecule has 0 spiro atoms. The SMILES string of the molecule is Cc1c(O)cc(Cl)c2cc(S(=O)(=O)Nc3ccccc3O)ccc12. The Balaban J connectivity index is 2.10. The maximum absolute atomic E-state index is 12.5. The number of nitrogens with one attached hydrogen (secondary N) is 1. The minimum absolute atomic E-state index is 0.00485. The number of phenols is 2. The molecule has 0 saturated carbocycles. The molecule has 3 aromatic rings. The van der Waals surface area contributed by atoms with E-state index in [0.717, 1.165) is 0 Å². The number of anilines is 1. The molecule has 0 aliphatic heterocycles. The topological polar surface area (TPSA) is 86.6 Å². The van der Waals surface area contributed by atoms with Crippen LogP contribution in [0.25, 0.3) is 10.8 Å². The lowest BCUT2D eigenvalue weighted by Crippen LogP contribution is -2.13. The van der Waals surface area contributed by atoms with Gasteiger partial charge in [0.1, 0.15) is 11.5 Å². The third-order valence-corrected chi connectivity index (χ3v) is 5.43. The third-order valence-electron chi connectivity index (χ3n) is 3.76. The predicted octanol–water partition coefficient (Wildman–Crippen LogP) is 4.01. The Morgan fingerprint density at radius 3 is 2.38 bits per heavy atom. The highest BCUT2D eigenvalue weighted by atomic mass is 35.5. The van der Waals surface area contributed by atoms with Gasteiger partial charge in [-0.3, -0.25) is 4.72 Å². The highest BCUT2D eigenvalue weighted by Gasteiger charge is 2.18. The van der Waals surface area contributed by atoms with Gasteiger partial charge in [0.2, 0.25) is 0 Å². The summed E-state index contributed by atoms with van der Waals surface area (Å²) in [6, 6.07) is 11.9. The van der Waals surface area contributed by atoms with E-state index < -0.39 is 10.0 Å². The quantitative estimate of drug-likeness (QED) is 0.613. The van der Waals surface area contributed by atoms with Crippen LogP contribution < -0.4 is 4.72 Å². The standard InChI is InChI=1S/C17H14ClNO4S/c1-10-12-7-6-11(8-13(12)14(18)9-17(10)21)24(22,23)19-15-4-2-3-5-16(15)20/h2-9,19-21H,1H3. The number of hydrogen-bond donors (Lipinski definition) is 3. The fourth-order valence-corrected chi connectivity index (χ4v) is 3.78. The summed E-state index contributed by atoms with van der Waals surface area (Å²) in [5, 5.41) is 21.0. The average molecular weight is 364 g/mol. The lowest BCUT2D eigenvalue weighted by molar-refractivity contribution is 0.472. The summed E-state index contributed by atoms with van der Waals surface area (Å²) in [7, 11) is -3.90. The first kappa shape index (κ1) is 16.4. The Hall–Kier alpha value is -2.44. The lowest BCUT2D eigenvalue weighted by Gasteiger charge is -2.12. The number of rotatable bonds is 3. The zero-order valence-corrected chi connectivity index (χ0v) is 14.2. The monoisotopic (exact) mass is 363 g/mol. The second-order valence-corrected chi connectivity index (χ2v) is 7.42. The van der Waals surface area contributed by atoms with Crippen LogP contribution in [0.15, 0.2) is 53.4 Å². The normalized spacial score (nSPS) is 11.6. The van der Waals surface area contributed by atoms with E-state index in [1.807, 2.05) is 0 Å². The molecule has 0 bridgehead atoms. The summed E-state index contributed by atoms with van der Waals surface area (Å²) in [5.74, 6) is -0.115. The first-order chi connectivity index (χ1) is 11.3. The van der Waals surface area contributed by atoms with Crippen molar-refractivity contribution in [1.29, 1.82) is 0 Å². The molecule has 0 aromatic heterocycles. The van der Waals surface area contributed by atoms with Crippen LogP contribution in [0, 0.1) is 6.92 Å². The molecule has 0 radical (unpaired) electrons. The zero-order chi connectivity index (χ0) is 17.5. The lowest BCUT2D eigenvalue weighted by atomic mass is 10.0. The van der Waals surface area contributed by atoms with Gasteiger partial charge in [0.05, 0.1) is 15.6 Å². The molecule has 0 aliphatic carbocycles. The zero-order valence-electron chi connectivity index (χ0n) is 12.6. The van der Waals surface area contributed by atoms with Gasteiger partial charge in [0.25, 0.3) is 10.0 Å². The Labute approximate surface area is 144 Å². The number of aromatic hydroxyl groups is 2. The summed E-state index contributed by atoms with van der Waals surface area (Å²) in [5.41, 5.74) is 0.706. The van der Waals surface area contributed by atoms with E-state index in [0.29, 0.717) is 16.3 Å². The van der Waals surface area contributed by atoms with Gasteiger partial charge in [-0.1, -0.05) is 29.8 Å². The summed E-state index contributed by atoms with van der Waals surface area (Å²) < 4.78 is 27.4. The maximum atomic E-state index is 12.5. The Kier molecular flexibility index (Phi) is 4.03. The Bertz CT molecular complexity index is 1050. The van der Waals surface area contributed by atoms with Crippen molar-refractivity contribution in [2.45, 2.75) is 11.8 Å². The molecule has 0 unspecified atom stereocenters. The molecule has 3 aromatic carbocycles. The molecule has 3 rings (SSSR count). The van der Waals surface area contributed by atoms with Gasteiger partial charge in [-0.05, 0) is 48.2 Å². The summed E-state index contributed by atoms with van der Waals surface area (Å²) in [6.45, 7) is 1.72. The second-order valence-electron chi connectivity index (χ2n) is 5.33. The van der Waals surface area contributed by atoms with Crippen LogP contribution in [0.2, 0.25) is 5.02 Å². The first-order valence-electron chi connectivity index (χ1n) is 7.02. The molecular formula is C17H14ClNO4S. The molecule has 0 saturated heterocycles. The van der Waals surface area contributed by atoms with E-state index in [2.05, 4.69) is 4.72 Å². The molecule has 7 heteroatoms. The van der Waals surface area contributed by atoms with Crippen LogP contribution >= 0.6 is 11.6 Å². The van der Waals surface area contributed by atoms with E-state index >= 15 is 0 Å². The van der Waals surface area contributed by atoms with Gasteiger partial charge < -0.3 is 10.2 Å². The fraction of sp³-hybridized carbons (Fsp3) is 0.0588. The van der Waals surface area contributed by atoms with E-state index in [4.69, 9.17) is 11.6 Å². The van der Waals surface area contributed by atoms with Crippen molar-refractivity contribution in [3.05, 3.63) is 59.1 Å². The van der Waals surface area contributed by atoms with Crippen LogP contribution in [-0.4, -0.2) is 18.6 Å². The predicted molar refractivity (Wildman–Crippen MR) is 94.3 cm³/mol. The van der Waals surface area contributed by atoms with Gasteiger partial charge in [-0.15, -0.1) is 0 Å². The van der Waals surface area contributed by atoms with Crippen molar-refractivity contribution in [3.63, 3.8) is 0 Å². The van der Waals surface area contributed by atoms with Crippen molar-refractivity contribution < 1.29 is 18.6 Å². The average Bonchev–Trinajstić information content (AvgIpc) is 2.54. The van der Waals surface area contributed by atoms with Crippen LogP contribution in [-0.2, 0) is 10.0 Å². The molecule has 0 fully saturated rings. The minimum atomic E-state index is -3.90. The third kappa shape index (κ3) is 2.86. The van der Waals surface area contributed by atoms with E-state index in [1.54, 1.807) is 25.1 Å². The first-order valence-corrected chi connectivity index (χ1v) is 8.88. The van der Waals surface area contributed by atoms with Crippen molar-refractivity contribution in [2.24, 2.45) is 0 Å². The Morgan fingerprint density at radius 1 is 0.958 bits per heavy atom. The largest absolute Gasteiger partial charge is 0.508 e. The number of fused-ring (bicyclic) bond motifs is 1. The summed E-state index contributed by atoms with van der Waals surface area (Å²) in [6.07, 6.45) is 0. The molecule has 3 N–H and O–H groups in total. The number of aryl methyl sites for hydroxylation is 1. The number of hydrogen-bond acceptors (Lipinski definition) is 4. The van der Waals surface area contributed by atoms with Crippen LogP contribution in [0.5, 0.6) is 11.5 Å². The molecule has 0 aliphatic rings. The number of sulfonamides is 1. The van der Waals surface area contributed by atoms with Crippen LogP contribution in [0.1, 0.15) is 5.56 Å².